The van der Waals surface area contributed by atoms with Gasteiger partial charge in [-0.2, -0.15) is 0 Å². The standard InChI is InChI=1S/C10H9N5S/c11-5-9-13-14-10(16-9)15-6-12-7-3-1-2-4-8(7)15/h1-4,6H,5,11H2. The van der Waals surface area contributed by atoms with Gasteiger partial charge in [-0.1, -0.05) is 23.5 Å². The fourth-order valence-electron chi connectivity index (χ4n) is 1.54. The van der Waals surface area contributed by atoms with Crippen molar-refractivity contribution in [2.24, 2.45) is 5.73 Å². The van der Waals surface area contributed by atoms with Crippen LogP contribution in [0.4, 0.5) is 0 Å². The number of nitrogens with two attached hydrogens (primary N) is 1. The molecule has 0 bridgehead atoms. The molecule has 3 aromatic rings. The Balaban J connectivity index is 2.18. The van der Waals surface area contributed by atoms with E-state index < -0.39 is 0 Å². The van der Waals surface area contributed by atoms with E-state index in [2.05, 4.69) is 15.2 Å². The lowest BCUT2D eigenvalue weighted by atomic mass is 10.3. The number of para-hydroxylation sites is 2. The van der Waals surface area contributed by atoms with Crippen molar-refractivity contribution in [2.45, 2.75) is 6.54 Å². The third-order valence-corrected chi connectivity index (χ3v) is 3.24. The summed E-state index contributed by atoms with van der Waals surface area (Å²) in [6, 6.07) is 7.92. The van der Waals surface area contributed by atoms with Gasteiger partial charge in [0.25, 0.3) is 0 Å². The first-order valence-corrected chi connectivity index (χ1v) is 5.65. The van der Waals surface area contributed by atoms with E-state index >= 15 is 0 Å². The van der Waals surface area contributed by atoms with E-state index in [-0.39, 0.29) is 0 Å². The molecule has 0 saturated heterocycles. The zero-order valence-electron chi connectivity index (χ0n) is 8.37. The second-order valence-electron chi connectivity index (χ2n) is 3.29. The van der Waals surface area contributed by atoms with Gasteiger partial charge in [-0.25, -0.2) is 4.98 Å². The average molecular weight is 231 g/mol. The van der Waals surface area contributed by atoms with Crippen molar-refractivity contribution >= 4 is 22.4 Å². The zero-order chi connectivity index (χ0) is 11.0. The van der Waals surface area contributed by atoms with Crippen molar-refractivity contribution in [3.8, 4) is 5.13 Å². The quantitative estimate of drug-likeness (QED) is 0.722. The van der Waals surface area contributed by atoms with Crippen LogP contribution >= 0.6 is 11.3 Å². The Bertz CT molecular complexity index is 627. The van der Waals surface area contributed by atoms with Crippen molar-refractivity contribution in [1.82, 2.24) is 19.7 Å². The van der Waals surface area contributed by atoms with Crippen LogP contribution in [0.1, 0.15) is 5.01 Å². The molecule has 0 atom stereocenters. The highest BCUT2D eigenvalue weighted by Gasteiger charge is 2.08. The molecule has 0 aliphatic carbocycles. The molecule has 1 aromatic carbocycles. The molecule has 0 aliphatic rings. The number of hydrogen-bond donors (Lipinski definition) is 1. The molecule has 6 heteroatoms. The smallest absolute Gasteiger partial charge is 0.218 e. The Kier molecular flexibility index (Phi) is 2.16. The van der Waals surface area contributed by atoms with Crippen LogP contribution in [0, 0.1) is 0 Å². The monoisotopic (exact) mass is 231 g/mol. The minimum atomic E-state index is 0.421. The van der Waals surface area contributed by atoms with Gasteiger partial charge in [0.05, 0.1) is 11.0 Å². The van der Waals surface area contributed by atoms with E-state index in [1.807, 2.05) is 28.8 Å². The Morgan fingerprint density at radius 2 is 2.12 bits per heavy atom. The van der Waals surface area contributed by atoms with Gasteiger partial charge in [-0.15, -0.1) is 10.2 Å². The number of nitrogens with zero attached hydrogens (tertiary/aromatic N) is 4. The number of aromatic nitrogens is 4. The minimum Gasteiger partial charge on any atom is -0.324 e. The molecule has 16 heavy (non-hydrogen) atoms. The summed E-state index contributed by atoms with van der Waals surface area (Å²) in [5.41, 5.74) is 7.49. The van der Waals surface area contributed by atoms with E-state index in [4.69, 9.17) is 5.73 Å². The highest BCUT2D eigenvalue weighted by atomic mass is 32.1. The third-order valence-electron chi connectivity index (χ3n) is 2.29. The predicted molar refractivity (Wildman–Crippen MR) is 62.4 cm³/mol. The molecule has 80 valence electrons. The SMILES string of the molecule is NCc1nnc(-n2cnc3ccccc32)s1. The number of hydrogen-bond acceptors (Lipinski definition) is 5. The van der Waals surface area contributed by atoms with E-state index in [1.54, 1.807) is 6.33 Å². The number of imidazole rings is 1. The van der Waals surface area contributed by atoms with E-state index in [0.717, 1.165) is 21.2 Å². The van der Waals surface area contributed by atoms with Crippen molar-refractivity contribution in [3.63, 3.8) is 0 Å². The second kappa shape index (κ2) is 3.66. The molecule has 0 amide bonds. The lowest BCUT2D eigenvalue weighted by Crippen LogP contribution is -1.94. The van der Waals surface area contributed by atoms with Gasteiger partial charge in [-0.05, 0) is 12.1 Å². The maximum absolute atomic E-state index is 5.51. The highest BCUT2D eigenvalue weighted by Crippen LogP contribution is 2.20. The summed E-state index contributed by atoms with van der Waals surface area (Å²) < 4.78 is 1.92. The van der Waals surface area contributed by atoms with Gasteiger partial charge in [0.15, 0.2) is 0 Å². The average Bonchev–Trinajstić information content (AvgIpc) is 2.94. The molecule has 2 aromatic heterocycles. The first-order chi connectivity index (χ1) is 7.88. The maximum Gasteiger partial charge on any atom is 0.218 e. The number of benzene rings is 1. The van der Waals surface area contributed by atoms with Crippen LogP contribution in [0.15, 0.2) is 30.6 Å². The molecule has 0 fully saturated rings. The molecule has 0 saturated carbocycles. The Hall–Kier alpha value is -1.79. The number of fused-ring (bicyclic) bond motifs is 1. The summed E-state index contributed by atoms with van der Waals surface area (Å²) in [5, 5.41) is 9.71. The minimum absolute atomic E-state index is 0.421. The molecular weight excluding hydrogens is 222 g/mol. The van der Waals surface area contributed by atoms with Gasteiger partial charge in [0.2, 0.25) is 5.13 Å². The van der Waals surface area contributed by atoms with Crippen molar-refractivity contribution in [1.29, 1.82) is 0 Å². The molecule has 2 heterocycles. The van der Waals surface area contributed by atoms with Crippen LogP contribution in [0.2, 0.25) is 0 Å². The van der Waals surface area contributed by atoms with Crippen LogP contribution in [0.25, 0.3) is 16.2 Å². The molecular formula is C10H9N5S. The molecule has 2 N–H and O–H groups in total. The maximum atomic E-state index is 5.51. The molecule has 0 spiro atoms. The van der Waals surface area contributed by atoms with Crippen molar-refractivity contribution in [3.05, 3.63) is 35.6 Å². The summed E-state index contributed by atoms with van der Waals surface area (Å²) in [5.74, 6) is 0. The first-order valence-electron chi connectivity index (χ1n) is 4.83. The fourth-order valence-corrected chi connectivity index (χ4v) is 2.24. The van der Waals surface area contributed by atoms with Crippen LogP contribution in [-0.2, 0) is 6.54 Å². The highest BCUT2D eigenvalue weighted by molar-refractivity contribution is 7.13. The Morgan fingerprint density at radius 3 is 2.94 bits per heavy atom. The lowest BCUT2D eigenvalue weighted by Gasteiger charge is -1.96. The summed E-state index contributed by atoms with van der Waals surface area (Å²) in [4.78, 5) is 4.30. The summed E-state index contributed by atoms with van der Waals surface area (Å²) in [6.45, 7) is 0.421. The molecule has 5 nitrogen and oxygen atoms in total. The van der Waals surface area contributed by atoms with Crippen LogP contribution in [-0.4, -0.2) is 19.7 Å². The van der Waals surface area contributed by atoms with E-state index in [0.29, 0.717) is 6.54 Å². The van der Waals surface area contributed by atoms with Crippen molar-refractivity contribution in [2.75, 3.05) is 0 Å². The lowest BCUT2D eigenvalue weighted by molar-refractivity contribution is 0.927. The van der Waals surface area contributed by atoms with Gasteiger partial charge in [0, 0.05) is 6.54 Å². The topological polar surface area (TPSA) is 69.6 Å². The van der Waals surface area contributed by atoms with Gasteiger partial charge in [-0.3, -0.25) is 4.57 Å². The number of rotatable bonds is 2. The van der Waals surface area contributed by atoms with Crippen molar-refractivity contribution < 1.29 is 0 Å². The molecule has 3 rings (SSSR count). The van der Waals surface area contributed by atoms with Gasteiger partial charge < -0.3 is 5.73 Å². The Labute approximate surface area is 95.6 Å². The summed E-state index contributed by atoms with van der Waals surface area (Å²) >= 11 is 1.48. The third kappa shape index (κ3) is 1.39. The molecule has 0 unspecified atom stereocenters. The predicted octanol–water partition coefficient (Wildman–Crippen LogP) is 1.34. The van der Waals surface area contributed by atoms with Crippen LogP contribution in [0.3, 0.4) is 0 Å². The fraction of sp³-hybridized carbons (Fsp3) is 0.100. The normalized spacial score (nSPS) is 11.1. The zero-order valence-corrected chi connectivity index (χ0v) is 9.18. The Morgan fingerprint density at radius 1 is 1.25 bits per heavy atom. The van der Waals surface area contributed by atoms with E-state index in [9.17, 15) is 0 Å². The molecule has 0 radical (unpaired) electrons. The molecule has 0 aliphatic heterocycles. The second-order valence-corrected chi connectivity index (χ2v) is 4.33. The summed E-state index contributed by atoms with van der Waals surface area (Å²) in [6.07, 6.45) is 1.76. The van der Waals surface area contributed by atoms with Gasteiger partial charge >= 0.3 is 0 Å². The van der Waals surface area contributed by atoms with Crippen LogP contribution < -0.4 is 5.73 Å². The first kappa shape index (κ1) is 9.44. The van der Waals surface area contributed by atoms with Crippen LogP contribution in [0.5, 0.6) is 0 Å². The van der Waals surface area contributed by atoms with Gasteiger partial charge in [0.1, 0.15) is 11.3 Å². The summed E-state index contributed by atoms with van der Waals surface area (Å²) in [7, 11) is 0. The van der Waals surface area contributed by atoms with E-state index in [1.165, 1.54) is 11.3 Å². The largest absolute Gasteiger partial charge is 0.324 e.